The quantitative estimate of drug-likeness (QED) is 0.911. The van der Waals surface area contributed by atoms with Crippen LogP contribution in [0.5, 0.6) is 0 Å². The molecule has 0 aliphatic heterocycles. The van der Waals surface area contributed by atoms with Crippen molar-refractivity contribution >= 4 is 0 Å². The molecule has 0 aliphatic rings. The number of halogens is 1. The van der Waals surface area contributed by atoms with E-state index in [0.29, 0.717) is 29.7 Å². The molecular weight excluding hydrogens is 257 g/mol. The van der Waals surface area contributed by atoms with Crippen LogP contribution in [0.15, 0.2) is 22.7 Å². The Labute approximate surface area is 118 Å². The summed E-state index contributed by atoms with van der Waals surface area (Å²) in [6, 6.07) is 4.54. The van der Waals surface area contributed by atoms with E-state index in [9.17, 15) is 4.39 Å². The molecule has 2 N–H and O–H groups in total. The highest BCUT2D eigenvalue weighted by Gasteiger charge is 2.20. The predicted octanol–water partition coefficient (Wildman–Crippen LogP) is 3.27. The first-order valence-electron chi connectivity index (χ1n) is 6.81. The van der Waals surface area contributed by atoms with Gasteiger partial charge in [-0.15, -0.1) is 0 Å². The second-order valence-corrected chi connectivity index (χ2v) is 5.48. The van der Waals surface area contributed by atoms with Gasteiger partial charge < -0.3 is 10.3 Å². The van der Waals surface area contributed by atoms with Crippen LogP contribution in [0.4, 0.5) is 4.39 Å². The van der Waals surface area contributed by atoms with E-state index in [4.69, 9.17) is 10.3 Å². The van der Waals surface area contributed by atoms with Gasteiger partial charge in [-0.1, -0.05) is 25.1 Å². The van der Waals surface area contributed by atoms with Gasteiger partial charge >= 0.3 is 0 Å². The Morgan fingerprint density at radius 3 is 2.75 bits per heavy atom. The summed E-state index contributed by atoms with van der Waals surface area (Å²) >= 11 is 0. The molecule has 2 aromatic rings. The zero-order valence-corrected chi connectivity index (χ0v) is 12.1. The van der Waals surface area contributed by atoms with Gasteiger partial charge in [-0.3, -0.25) is 0 Å². The predicted molar refractivity (Wildman–Crippen MR) is 75.7 cm³/mol. The van der Waals surface area contributed by atoms with Crippen molar-refractivity contribution < 1.29 is 8.91 Å². The summed E-state index contributed by atoms with van der Waals surface area (Å²) in [6.07, 6.45) is 0.889. The van der Waals surface area contributed by atoms with E-state index in [1.807, 2.05) is 6.92 Å². The smallest absolute Gasteiger partial charge is 0.231 e. The topological polar surface area (TPSA) is 64.9 Å². The molecule has 0 saturated heterocycles. The molecule has 108 valence electrons. The van der Waals surface area contributed by atoms with Gasteiger partial charge in [-0.2, -0.15) is 4.98 Å². The maximum atomic E-state index is 13.3. The molecule has 1 atom stereocenters. The number of nitrogens with zero attached hydrogens (tertiary/aromatic N) is 2. The van der Waals surface area contributed by atoms with Crippen LogP contribution >= 0.6 is 0 Å². The number of aromatic nitrogens is 2. The van der Waals surface area contributed by atoms with Gasteiger partial charge in [0.1, 0.15) is 5.82 Å². The van der Waals surface area contributed by atoms with Gasteiger partial charge in [0.05, 0.1) is 5.92 Å². The minimum Gasteiger partial charge on any atom is -0.339 e. The fourth-order valence-corrected chi connectivity index (χ4v) is 2.21. The third-order valence-corrected chi connectivity index (χ3v) is 3.27. The van der Waals surface area contributed by atoms with Crippen molar-refractivity contribution in [1.29, 1.82) is 0 Å². The third kappa shape index (κ3) is 3.22. The van der Waals surface area contributed by atoms with E-state index in [0.717, 1.165) is 12.0 Å². The summed E-state index contributed by atoms with van der Waals surface area (Å²) in [7, 11) is 0. The van der Waals surface area contributed by atoms with Crippen molar-refractivity contribution in [2.45, 2.75) is 33.1 Å². The van der Waals surface area contributed by atoms with Crippen LogP contribution in [0.2, 0.25) is 0 Å². The fourth-order valence-electron chi connectivity index (χ4n) is 2.21. The minimum absolute atomic E-state index is 0.0464. The summed E-state index contributed by atoms with van der Waals surface area (Å²) in [5.74, 6) is 1.17. The Bertz CT molecular complexity index is 580. The Morgan fingerprint density at radius 1 is 1.35 bits per heavy atom. The zero-order valence-electron chi connectivity index (χ0n) is 12.1. The lowest BCUT2D eigenvalue weighted by molar-refractivity contribution is 0.335. The highest BCUT2D eigenvalue weighted by Crippen LogP contribution is 2.26. The van der Waals surface area contributed by atoms with Gasteiger partial charge in [0.15, 0.2) is 0 Å². The van der Waals surface area contributed by atoms with Crippen LogP contribution < -0.4 is 5.73 Å². The van der Waals surface area contributed by atoms with E-state index in [1.165, 1.54) is 12.1 Å². The summed E-state index contributed by atoms with van der Waals surface area (Å²) in [6.45, 7) is 6.59. The number of rotatable bonds is 5. The normalized spacial score (nSPS) is 12.9. The van der Waals surface area contributed by atoms with Crippen LogP contribution in [0.25, 0.3) is 11.4 Å². The van der Waals surface area contributed by atoms with Crippen LogP contribution in [-0.2, 0) is 0 Å². The van der Waals surface area contributed by atoms with Crippen LogP contribution in [0.1, 0.15) is 37.6 Å². The molecule has 4 nitrogen and oxygen atoms in total. The monoisotopic (exact) mass is 277 g/mol. The number of benzene rings is 1. The average molecular weight is 277 g/mol. The summed E-state index contributed by atoms with van der Waals surface area (Å²) in [5, 5.41) is 3.96. The lowest BCUT2D eigenvalue weighted by atomic mass is 9.97. The molecule has 0 saturated carbocycles. The van der Waals surface area contributed by atoms with Crippen molar-refractivity contribution in [3.63, 3.8) is 0 Å². The van der Waals surface area contributed by atoms with E-state index < -0.39 is 0 Å². The first-order valence-corrected chi connectivity index (χ1v) is 6.81. The second-order valence-electron chi connectivity index (χ2n) is 5.48. The zero-order chi connectivity index (χ0) is 14.7. The standard InChI is InChI=1S/C15H20FN3O/c1-9(2)6-11(8-17)15-18-14(19-20-15)13-7-12(16)5-4-10(13)3/h4-5,7,9,11H,6,8,17H2,1-3H3. The molecule has 0 amide bonds. The first kappa shape index (κ1) is 14.7. The maximum Gasteiger partial charge on any atom is 0.231 e. The molecule has 1 heterocycles. The molecule has 1 unspecified atom stereocenters. The van der Waals surface area contributed by atoms with Gasteiger partial charge in [0.2, 0.25) is 11.7 Å². The molecule has 1 aromatic heterocycles. The van der Waals surface area contributed by atoms with Crippen molar-refractivity contribution in [3.8, 4) is 11.4 Å². The van der Waals surface area contributed by atoms with Crippen LogP contribution in [0, 0.1) is 18.7 Å². The maximum absolute atomic E-state index is 13.3. The first-order chi connectivity index (χ1) is 9.51. The third-order valence-electron chi connectivity index (χ3n) is 3.27. The number of hydrogen-bond acceptors (Lipinski definition) is 4. The summed E-state index contributed by atoms with van der Waals surface area (Å²) in [4.78, 5) is 4.38. The number of nitrogens with two attached hydrogens (primary N) is 1. The lowest BCUT2D eigenvalue weighted by Crippen LogP contribution is -2.15. The van der Waals surface area contributed by atoms with Crippen molar-refractivity contribution in [3.05, 3.63) is 35.5 Å². The molecule has 5 heteroatoms. The van der Waals surface area contributed by atoms with Gasteiger partial charge in [0, 0.05) is 12.1 Å². The van der Waals surface area contributed by atoms with E-state index >= 15 is 0 Å². The van der Waals surface area contributed by atoms with E-state index in [1.54, 1.807) is 6.07 Å². The molecule has 2 rings (SSSR count). The SMILES string of the molecule is Cc1ccc(F)cc1-c1noc(C(CN)CC(C)C)n1. The number of hydrogen-bond donors (Lipinski definition) is 1. The van der Waals surface area contributed by atoms with Gasteiger partial charge in [-0.25, -0.2) is 4.39 Å². The van der Waals surface area contributed by atoms with Crippen LogP contribution in [-0.4, -0.2) is 16.7 Å². The van der Waals surface area contributed by atoms with Gasteiger partial charge in [-0.05, 0) is 37.0 Å². The Kier molecular flexibility index (Phi) is 4.49. The van der Waals surface area contributed by atoms with Crippen molar-refractivity contribution in [1.82, 2.24) is 10.1 Å². The molecule has 1 aromatic carbocycles. The highest BCUT2D eigenvalue weighted by atomic mass is 19.1. The largest absolute Gasteiger partial charge is 0.339 e. The molecule has 0 radical (unpaired) electrons. The lowest BCUT2D eigenvalue weighted by Gasteiger charge is -2.11. The van der Waals surface area contributed by atoms with Gasteiger partial charge in [0.25, 0.3) is 0 Å². The Hall–Kier alpha value is -1.75. The second kappa shape index (κ2) is 6.13. The van der Waals surface area contributed by atoms with E-state index in [-0.39, 0.29) is 11.7 Å². The average Bonchev–Trinajstić information content (AvgIpc) is 2.88. The highest BCUT2D eigenvalue weighted by molar-refractivity contribution is 5.59. The summed E-state index contributed by atoms with van der Waals surface area (Å²) < 4.78 is 18.6. The molecule has 0 bridgehead atoms. The fraction of sp³-hybridized carbons (Fsp3) is 0.467. The Morgan fingerprint density at radius 2 is 2.10 bits per heavy atom. The van der Waals surface area contributed by atoms with Crippen LogP contribution in [0.3, 0.4) is 0 Å². The minimum atomic E-state index is -0.311. The molecule has 0 fully saturated rings. The van der Waals surface area contributed by atoms with Crippen molar-refractivity contribution in [2.24, 2.45) is 11.7 Å². The molecule has 0 aliphatic carbocycles. The number of aryl methyl sites for hydroxylation is 1. The molecule has 20 heavy (non-hydrogen) atoms. The molecule has 0 spiro atoms. The molecular formula is C15H20FN3O. The van der Waals surface area contributed by atoms with E-state index in [2.05, 4.69) is 24.0 Å². The summed E-state index contributed by atoms with van der Waals surface area (Å²) in [5.41, 5.74) is 7.33. The Balaban J connectivity index is 2.30. The van der Waals surface area contributed by atoms with Crippen molar-refractivity contribution in [2.75, 3.05) is 6.54 Å².